The van der Waals surface area contributed by atoms with Gasteiger partial charge in [-0.05, 0) is 49.5 Å². The number of carbonyl (C=O) groups is 8. The molecule has 21 nitrogen and oxygen atoms in total. The van der Waals surface area contributed by atoms with E-state index in [4.69, 9.17) is 22.3 Å². The third kappa shape index (κ3) is 19.7. The van der Waals surface area contributed by atoms with Crippen molar-refractivity contribution in [2.75, 3.05) is 30.9 Å². The van der Waals surface area contributed by atoms with Crippen molar-refractivity contribution in [1.82, 2.24) is 31.9 Å². The minimum absolute atomic E-state index is 0.0580. The molecule has 6 amide bonds. The number of thioether (sulfide) groups is 1. The van der Waals surface area contributed by atoms with Crippen molar-refractivity contribution in [2.24, 2.45) is 34.0 Å². The second-order valence-corrected chi connectivity index (χ2v) is 14.5. The molecular formula is C32H58N10O11S2. The molecule has 23 heteroatoms. The van der Waals surface area contributed by atoms with Crippen molar-refractivity contribution in [1.29, 1.82) is 0 Å². The fourth-order valence-corrected chi connectivity index (χ4v) is 5.44. The van der Waals surface area contributed by atoms with Crippen LogP contribution in [0.25, 0.3) is 0 Å². The van der Waals surface area contributed by atoms with Gasteiger partial charge in [-0.3, -0.25) is 38.6 Å². The first-order valence-corrected chi connectivity index (χ1v) is 19.5. The SMILES string of the molecule is CSCCC(NC(=O)C(NC(=O)C(NC(=O)C(CS)NC(=O)C(CO)NC(=O)C(CCCN=C(N)N)NC(=O)C(N)CCC(=O)O)C(C)C)C(C)C)C(=O)O. The number of aliphatic imine (C=N–C) groups is 1. The van der Waals surface area contributed by atoms with E-state index in [1.807, 2.05) is 0 Å². The number of nitrogens with zero attached hydrogens (tertiary/aromatic N) is 1. The van der Waals surface area contributed by atoms with Crippen LogP contribution in [0.5, 0.6) is 0 Å². The number of aliphatic carboxylic acids is 2. The fourth-order valence-electron chi connectivity index (χ4n) is 4.72. The highest BCUT2D eigenvalue weighted by Gasteiger charge is 2.35. The molecule has 15 N–H and O–H groups in total. The number of carboxylic acid groups (broad SMARTS) is 2. The number of nitrogens with two attached hydrogens (primary N) is 3. The van der Waals surface area contributed by atoms with E-state index in [2.05, 4.69) is 49.5 Å². The zero-order valence-electron chi connectivity index (χ0n) is 31.7. The monoisotopic (exact) mass is 822 g/mol. The quantitative estimate of drug-likeness (QED) is 0.0164. The molecule has 0 aromatic carbocycles. The highest BCUT2D eigenvalue weighted by Crippen LogP contribution is 2.10. The minimum atomic E-state index is -1.64. The van der Waals surface area contributed by atoms with E-state index in [1.165, 1.54) is 11.8 Å². The van der Waals surface area contributed by atoms with Crippen LogP contribution in [-0.2, 0) is 38.4 Å². The van der Waals surface area contributed by atoms with Crippen LogP contribution in [0.1, 0.15) is 59.8 Å². The highest BCUT2D eigenvalue weighted by molar-refractivity contribution is 7.98. The number of carboxylic acids is 2. The smallest absolute Gasteiger partial charge is 0.326 e. The number of hydrogen-bond donors (Lipinski definition) is 13. The molecule has 55 heavy (non-hydrogen) atoms. The predicted octanol–water partition coefficient (Wildman–Crippen LogP) is -3.79. The molecule has 0 spiro atoms. The van der Waals surface area contributed by atoms with E-state index >= 15 is 0 Å². The first kappa shape index (κ1) is 50.6. The Morgan fingerprint density at radius 1 is 0.673 bits per heavy atom. The lowest BCUT2D eigenvalue weighted by molar-refractivity contribution is -0.142. The summed E-state index contributed by atoms with van der Waals surface area (Å²) >= 11 is 5.54. The second kappa shape index (κ2) is 26.5. The van der Waals surface area contributed by atoms with Gasteiger partial charge in [0.1, 0.15) is 36.3 Å². The zero-order chi connectivity index (χ0) is 42.4. The van der Waals surface area contributed by atoms with E-state index < -0.39 is 115 Å². The van der Waals surface area contributed by atoms with E-state index in [0.29, 0.717) is 5.75 Å². The fraction of sp³-hybridized carbons (Fsp3) is 0.719. The number of aliphatic hydroxyl groups is 1. The summed E-state index contributed by atoms with van der Waals surface area (Å²) in [5, 5.41) is 43.0. The number of hydrogen-bond acceptors (Lipinski definition) is 13. The average molecular weight is 823 g/mol. The maximum absolute atomic E-state index is 13.4. The Hall–Kier alpha value is -4.35. The van der Waals surface area contributed by atoms with Crippen LogP contribution in [0.15, 0.2) is 4.99 Å². The van der Waals surface area contributed by atoms with Gasteiger partial charge in [0.2, 0.25) is 35.4 Å². The van der Waals surface area contributed by atoms with Crippen LogP contribution in [0.3, 0.4) is 0 Å². The molecular weight excluding hydrogens is 765 g/mol. The van der Waals surface area contributed by atoms with Gasteiger partial charge in [0.05, 0.1) is 12.6 Å². The first-order valence-electron chi connectivity index (χ1n) is 17.5. The Morgan fingerprint density at radius 2 is 1.15 bits per heavy atom. The van der Waals surface area contributed by atoms with Crippen molar-refractivity contribution in [3.05, 3.63) is 0 Å². The molecule has 0 aromatic heterocycles. The van der Waals surface area contributed by atoms with Crippen LogP contribution < -0.4 is 49.1 Å². The molecule has 0 aliphatic heterocycles. The van der Waals surface area contributed by atoms with Crippen molar-refractivity contribution in [3.63, 3.8) is 0 Å². The third-order valence-electron chi connectivity index (χ3n) is 7.93. The summed E-state index contributed by atoms with van der Waals surface area (Å²) in [6.07, 6.45) is 1.43. The minimum Gasteiger partial charge on any atom is -0.481 e. The molecule has 0 saturated heterocycles. The van der Waals surface area contributed by atoms with Gasteiger partial charge in [-0.15, -0.1) is 0 Å². The average Bonchev–Trinajstić information content (AvgIpc) is 3.11. The molecule has 0 radical (unpaired) electrons. The highest BCUT2D eigenvalue weighted by atomic mass is 32.2. The normalized spacial score (nSPS) is 14.9. The molecule has 0 bridgehead atoms. The number of carbonyl (C=O) groups excluding carboxylic acids is 6. The van der Waals surface area contributed by atoms with Gasteiger partial charge in [-0.25, -0.2) is 4.79 Å². The predicted molar refractivity (Wildman–Crippen MR) is 208 cm³/mol. The van der Waals surface area contributed by atoms with E-state index in [9.17, 15) is 48.6 Å². The largest absolute Gasteiger partial charge is 0.481 e. The number of rotatable bonds is 27. The van der Waals surface area contributed by atoms with Gasteiger partial charge < -0.3 is 64.4 Å². The van der Waals surface area contributed by atoms with Crippen LogP contribution in [0, 0.1) is 11.8 Å². The van der Waals surface area contributed by atoms with Gasteiger partial charge in [0, 0.05) is 18.7 Å². The standard InChI is InChI=1S/C32H58N10O11S2/c1-15(2)23(29(50)38-19(31(52)53)10-12-55-5)42-30(51)24(16(3)4)41-28(49)21(14-54)40-27(48)20(13-43)39-26(47)18(7-6-11-36-32(34)35)37-25(46)17(33)8-9-22(44)45/h15-21,23-24,43,54H,6-14,33H2,1-5H3,(H,37,46)(H,38,50)(H,39,47)(H,40,48)(H,41,49)(H,42,51)(H,44,45)(H,52,53)(H4,34,35,36). The van der Waals surface area contributed by atoms with Crippen LogP contribution >= 0.6 is 24.4 Å². The summed E-state index contributed by atoms with van der Waals surface area (Å²) in [5.74, 6) is -8.60. The summed E-state index contributed by atoms with van der Waals surface area (Å²) in [4.78, 5) is 105. The Balaban J connectivity index is 5.84. The first-order chi connectivity index (χ1) is 25.7. The summed E-state index contributed by atoms with van der Waals surface area (Å²) in [7, 11) is 0. The molecule has 0 heterocycles. The lowest BCUT2D eigenvalue weighted by Gasteiger charge is -2.29. The number of guanidine groups is 1. The molecule has 7 atom stereocenters. The van der Waals surface area contributed by atoms with Crippen molar-refractivity contribution in [2.45, 2.75) is 102 Å². The Morgan fingerprint density at radius 3 is 1.62 bits per heavy atom. The van der Waals surface area contributed by atoms with Crippen molar-refractivity contribution >= 4 is 77.7 Å². The van der Waals surface area contributed by atoms with Gasteiger partial charge in [0.15, 0.2) is 5.96 Å². The lowest BCUT2D eigenvalue weighted by atomic mass is 9.99. The second-order valence-electron chi connectivity index (χ2n) is 13.2. The number of thiol groups is 1. The van der Waals surface area contributed by atoms with E-state index in [1.54, 1.807) is 34.0 Å². The topological polar surface area (TPSA) is 360 Å². The Kier molecular flexibility index (Phi) is 24.4. The molecule has 7 unspecified atom stereocenters. The Labute approximate surface area is 329 Å². The molecule has 0 aromatic rings. The summed E-state index contributed by atoms with van der Waals surface area (Å²) < 4.78 is 0. The van der Waals surface area contributed by atoms with Gasteiger partial charge in [-0.2, -0.15) is 24.4 Å². The van der Waals surface area contributed by atoms with E-state index in [-0.39, 0.29) is 43.9 Å². The van der Waals surface area contributed by atoms with Crippen molar-refractivity contribution < 1.29 is 53.7 Å². The molecule has 0 saturated carbocycles. The Bertz CT molecular complexity index is 1350. The van der Waals surface area contributed by atoms with Gasteiger partial charge in [0.25, 0.3) is 0 Å². The maximum atomic E-state index is 13.4. The molecule has 314 valence electrons. The molecule has 0 aliphatic rings. The van der Waals surface area contributed by atoms with E-state index in [0.717, 1.165) is 0 Å². The summed E-state index contributed by atoms with van der Waals surface area (Å²) in [6, 6.07) is -9.20. The van der Waals surface area contributed by atoms with Crippen LogP contribution in [0.2, 0.25) is 0 Å². The maximum Gasteiger partial charge on any atom is 0.326 e. The van der Waals surface area contributed by atoms with Crippen LogP contribution in [0.4, 0.5) is 0 Å². The van der Waals surface area contributed by atoms with Crippen LogP contribution in [-0.4, -0.2) is 142 Å². The van der Waals surface area contributed by atoms with Gasteiger partial charge >= 0.3 is 11.9 Å². The molecule has 0 rings (SSSR count). The van der Waals surface area contributed by atoms with Crippen molar-refractivity contribution in [3.8, 4) is 0 Å². The summed E-state index contributed by atoms with van der Waals surface area (Å²) in [5.41, 5.74) is 16.4. The lowest BCUT2D eigenvalue weighted by Crippen LogP contribution is -2.61. The molecule has 0 aliphatic carbocycles. The zero-order valence-corrected chi connectivity index (χ0v) is 33.4. The third-order valence-corrected chi connectivity index (χ3v) is 8.94. The number of nitrogens with one attached hydrogen (secondary N) is 6. The molecule has 0 fully saturated rings. The number of aliphatic hydroxyl groups excluding tert-OH is 1. The van der Waals surface area contributed by atoms with Gasteiger partial charge in [-0.1, -0.05) is 27.7 Å². The summed E-state index contributed by atoms with van der Waals surface area (Å²) in [6.45, 7) is 5.66. The number of amides is 6.